The zero-order chi connectivity index (χ0) is 13.6. The van der Waals surface area contributed by atoms with Crippen LogP contribution in [0.3, 0.4) is 0 Å². The number of hydrogen-bond donors (Lipinski definition) is 0. The third-order valence-electron chi connectivity index (χ3n) is 3.30. The second kappa shape index (κ2) is 12.8. The van der Waals surface area contributed by atoms with Crippen LogP contribution in [0.25, 0.3) is 0 Å². The summed E-state index contributed by atoms with van der Waals surface area (Å²) in [7, 11) is 0. The lowest BCUT2D eigenvalue weighted by Crippen LogP contribution is -2.04. The molecule has 0 aliphatic heterocycles. The van der Waals surface area contributed by atoms with Crippen molar-refractivity contribution in [2.75, 3.05) is 0 Å². The zero-order valence-corrected chi connectivity index (χ0v) is 12.3. The molecule has 0 aromatic rings. The number of carbonyl (C=O) groups is 2. The minimum Gasteiger partial charge on any atom is -0.300 e. The van der Waals surface area contributed by atoms with Gasteiger partial charge in [0.05, 0.1) is 0 Å². The van der Waals surface area contributed by atoms with Crippen LogP contribution in [-0.4, -0.2) is 11.6 Å². The molecular formula is C16H30O2. The minimum absolute atomic E-state index is 0.271. The number of Topliss-reactive ketones (excluding diaryl/α,β-unsaturated/α-hetero) is 2. The molecule has 0 fully saturated rings. The number of carbonyl (C=O) groups excluding carboxylic acids is 2. The lowest BCUT2D eigenvalue weighted by Gasteiger charge is -2.01. The summed E-state index contributed by atoms with van der Waals surface area (Å²) in [6, 6.07) is 0. The Morgan fingerprint density at radius 3 is 1.28 bits per heavy atom. The van der Waals surface area contributed by atoms with Gasteiger partial charge in [0.15, 0.2) is 0 Å². The normalized spacial score (nSPS) is 10.6. The van der Waals surface area contributed by atoms with Crippen molar-refractivity contribution in [3.63, 3.8) is 0 Å². The van der Waals surface area contributed by atoms with E-state index in [2.05, 4.69) is 13.8 Å². The van der Waals surface area contributed by atoms with Gasteiger partial charge in [0.2, 0.25) is 0 Å². The predicted octanol–water partition coefficient (Wildman–Crippen LogP) is 4.85. The molecule has 18 heavy (non-hydrogen) atoms. The van der Waals surface area contributed by atoms with Gasteiger partial charge in [-0.25, -0.2) is 0 Å². The Balaban J connectivity index is 3.39. The third kappa shape index (κ3) is 11.8. The molecule has 2 heteroatoms. The molecule has 0 aliphatic carbocycles. The van der Waals surface area contributed by atoms with Crippen molar-refractivity contribution in [2.45, 2.75) is 90.9 Å². The van der Waals surface area contributed by atoms with Crippen LogP contribution in [0.15, 0.2) is 0 Å². The lowest BCUT2D eigenvalue weighted by molar-refractivity contribution is -0.124. The van der Waals surface area contributed by atoms with E-state index in [4.69, 9.17) is 0 Å². The van der Waals surface area contributed by atoms with Gasteiger partial charge in [0.1, 0.15) is 11.6 Å². The molecule has 0 heterocycles. The molecule has 0 saturated heterocycles. The standard InChI is InChI=1S/C16H30O2/c1-3-5-7-9-11-15(17)13-14-16(18)12-10-8-6-4-2/h3-14H2,1-2H3. The van der Waals surface area contributed by atoms with E-state index in [0.717, 1.165) is 25.7 Å². The fourth-order valence-electron chi connectivity index (χ4n) is 2.03. The van der Waals surface area contributed by atoms with E-state index >= 15 is 0 Å². The van der Waals surface area contributed by atoms with Gasteiger partial charge >= 0.3 is 0 Å². The first kappa shape index (κ1) is 17.3. The molecule has 0 aromatic heterocycles. The molecule has 0 radical (unpaired) electrons. The monoisotopic (exact) mass is 254 g/mol. The van der Waals surface area contributed by atoms with Crippen LogP contribution in [0.1, 0.15) is 90.9 Å². The van der Waals surface area contributed by atoms with Gasteiger partial charge in [-0.2, -0.15) is 0 Å². The van der Waals surface area contributed by atoms with Crippen LogP contribution >= 0.6 is 0 Å². The Bertz CT molecular complexity index is 197. The van der Waals surface area contributed by atoms with Crippen LogP contribution in [0, 0.1) is 0 Å². The maximum Gasteiger partial charge on any atom is 0.133 e. The van der Waals surface area contributed by atoms with Gasteiger partial charge in [-0.1, -0.05) is 52.4 Å². The molecule has 0 bridgehead atoms. The molecular weight excluding hydrogens is 224 g/mol. The minimum atomic E-state index is 0.271. The maximum absolute atomic E-state index is 11.5. The van der Waals surface area contributed by atoms with Gasteiger partial charge in [-0.15, -0.1) is 0 Å². The van der Waals surface area contributed by atoms with E-state index in [0.29, 0.717) is 25.7 Å². The highest BCUT2D eigenvalue weighted by Crippen LogP contribution is 2.09. The van der Waals surface area contributed by atoms with Crippen molar-refractivity contribution < 1.29 is 9.59 Å². The van der Waals surface area contributed by atoms with E-state index in [-0.39, 0.29) is 11.6 Å². The summed E-state index contributed by atoms with van der Waals surface area (Å²) in [6.07, 6.45) is 11.4. The zero-order valence-electron chi connectivity index (χ0n) is 12.3. The van der Waals surface area contributed by atoms with Gasteiger partial charge in [0, 0.05) is 25.7 Å². The average Bonchev–Trinajstić information content (AvgIpc) is 2.37. The van der Waals surface area contributed by atoms with Crippen LogP contribution < -0.4 is 0 Å². The quantitative estimate of drug-likeness (QED) is 0.440. The Morgan fingerprint density at radius 1 is 0.556 bits per heavy atom. The van der Waals surface area contributed by atoms with Crippen molar-refractivity contribution in [2.24, 2.45) is 0 Å². The summed E-state index contributed by atoms with van der Waals surface area (Å²) in [5, 5.41) is 0. The first-order chi connectivity index (χ1) is 8.70. The van der Waals surface area contributed by atoms with Crippen molar-refractivity contribution in [3.05, 3.63) is 0 Å². The summed E-state index contributed by atoms with van der Waals surface area (Å²) in [6.45, 7) is 4.33. The molecule has 106 valence electrons. The summed E-state index contributed by atoms with van der Waals surface area (Å²) in [4.78, 5) is 23.1. The molecule has 0 saturated carbocycles. The molecule has 0 unspecified atom stereocenters. The van der Waals surface area contributed by atoms with E-state index < -0.39 is 0 Å². The summed E-state index contributed by atoms with van der Waals surface area (Å²) in [5.41, 5.74) is 0. The number of ketones is 2. The lowest BCUT2D eigenvalue weighted by atomic mass is 10.0. The van der Waals surface area contributed by atoms with E-state index in [1.54, 1.807) is 0 Å². The van der Waals surface area contributed by atoms with E-state index in [9.17, 15) is 9.59 Å². The van der Waals surface area contributed by atoms with Crippen molar-refractivity contribution in [3.8, 4) is 0 Å². The van der Waals surface area contributed by atoms with Crippen LogP contribution in [-0.2, 0) is 9.59 Å². The highest BCUT2D eigenvalue weighted by Gasteiger charge is 2.06. The molecule has 0 atom stereocenters. The third-order valence-corrected chi connectivity index (χ3v) is 3.30. The number of unbranched alkanes of at least 4 members (excludes halogenated alkanes) is 6. The largest absolute Gasteiger partial charge is 0.300 e. The highest BCUT2D eigenvalue weighted by atomic mass is 16.1. The topological polar surface area (TPSA) is 34.1 Å². The highest BCUT2D eigenvalue weighted by molar-refractivity contribution is 5.85. The molecule has 0 spiro atoms. The summed E-state index contributed by atoms with van der Waals surface area (Å²) in [5.74, 6) is 0.543. The Kier molecular flexibility index (Phi) is 12.3. The summed E-state index contributed by atoms with van der Waals surface area (Å²) >= 11 is 0. The van der Waals surface area contributed by atoms with Crippen LogP contribution in [0.4, 0.5) is 0 Å². The first-order valence-electron chi connectivity index (χ1n) is 7.74. The molecule has 0 amide bonds. The van der Waals surface area contributed by atoms with Gasteiger partial charge in [-0.3, -0.25) is 9.59 Å². The van der Waals surface area contributed by atoms with Crippen molar-refractivity contribution in [1.82, 2.24) is 0 Å². The Labute approximate surface area is 113 Å². The molecule has 0 aliphatic rings. The fraction of sp³-hybridized carbons (Fsp3) is 0.875. The van der Waals surface area contributed by atoms with Crippen LogP contribution in [0.2, 0.25) is 0 Å². The van der Waals surface area contributed by atoms with Gasteiger partial charge in [-0.05, 0) is 12.8 Å². The van der Waals surface area contributed by atoms with E-state index in [1.807, 2.05) is 0 Å². The second-order valence-corrected chi connectivity index (χ2v) is 5.20. The molecule has 2 nitrogen and oxygen atoms in total. The molecule has 0 rings (SSSR count). The molecule has 0 aromatic carbocycles. The number of hydrogen-bond acceptors (Lipinski definition) is 2. The molecule has 0 N–H and O–H groups in total. The average molecular weight is 254 g/mol. The Morgan fingerprint density at radius 2 is 0.944 bits per heavy atom. The predicted molar refractivity (Wildman–Crippen MR) is 76.8 cm³/mol. The summed E-state index contributed by atoms with van der Waals surface area (Å²) < 4.78 is 0. The van der Waals surface area contributed by atoms with Crippen LogP contribution in [0.5, 0.6) is 0 Å². The second-order valence-electron chi connectivity index (χ2n) is 5.20. The fourth-order valence-corrected chi connectivity index (χ4v) is 2.03. The SMILES string of the molecule is CCCCCCC(=O)CCC(=O)CCCCCC. The van der Waals surface area contributed by atoms with Gasteiger partial charge < -0.3 is 0 Å². The van der Waals surface area contributed by atoms with E-state index in [1.165, 1.54) is 25.7 Å². The van der Waals surface area contributed by atoms with Crippen molar-refractivity contribution in [1.29, 1.82) is 0 Å². The first-order valence-corrected chi connectivity index (χ1v) is 7.74. The van der Waals surface area contributed by atoms with Crippen molar-refractivity contribution >= 4 is 11.6 Å². The number of rotatable bonds is 13. The maximum atomic E-state index is 11.5. The Hall–Kier alpha value is -0.660. The smallest absolute Gasteiger partial charge is 0.133 e. The van der Waals surface area contributed by atoms with Gasteiger partial charge in [0.25, 0.3) is 0 Å².